The van der Waals surface area contributed by atoms with E-state index in [0.717, 1.165) is 24.3 Å². The normalized spacial score (nSPS) is 44.0. The van der Waals surface area contributed by atoms with Crippen LogP contribution in [0, 0.1) is 28.6 Å². The summed E-state index contributed by atoms with van der Waals surface area (Å²) in [5.41, 5.74) is 8.59. The Morgan fingerprint density at radius 1 is 1.15 bits per heavy atom. The molecule has 3 aliphatic carbocycles. The van der Waals surface area contributed by atoms with Crippen molar-refractivity contribution in [3.8, 4) is 0 Å². The molecule has 0 aliphatic heterocycles. The number of rotatable bonds is 1. The van der Waals surface area contributed by atoms with Crippen LogP contribution >= 0.6 is 0 Å². The quantitative estimate of drug-likeness (QED) is 0.676. The Morgan fingerprint density at radius 3 is 2.70 bits per heavy atom. The standard InChI is InChI=1S/C19H33N/c1-18(2)11-4-12-19(3)16-9-6-14(13-20)5-7-15(16)8-10-17(18)19/h5,15-17H,4,6-13,20H2,1-3H3. The summed E-state index contributed by atoms with van der Waals surface area (Å²) in [7, 11) is 0. The second-order valence-corrected chi connectivity index (χ2v) is 8.69. The first kappa shape index (κ1) is 14.6. The maximum atomic E-state index is 5.90. The number of hydrogen-bond acceptors (Lipinski definition) is 1. The van der Waals surface area contributed by atoms with Crippen LogP contribution < -0.4 is 5.73 Å². The van der Waals surface area contributed by atoms with E-state index in [1.54, 1.807) is 0 Å². The van der Waals surface area contributed by atoms with Gasteiger partial charge in [0.1, 0.15) is 0 Å². The van der Waals surface area contributed by atoms with Crippen LogP contribution in [0.25, 0.3) is 0 Å². The van der Waals surface area contributed by atoms with Gasteiger partial charge in [-0.15, -0.1) is 0 Å². The predicted octanol–water partition coefficient (Wildman–Crippen LogP) is 4.91. The van der Waals surface area contributed by atoms with Crippen molar-refractivity contribution in [1.29, 1.82) is 0 Å². The summed E-state index contributed by atoms with van der Waals surface area (Å²) in [4.78, 5) is 0. The Kier molecular flexibility index (Phi) is 3.77. The molecular formula is C19H33N. The average molecular weight is 275 g/mol. The van der Waals surface area contributed by atoms with Gasteiger partial charge in [0.2, 0.25) is 0 Å². The van der Waals surface area contributed by atoms with Crippen molar-refractivity contribution in [2.45, 2.75) is 72.1 Å². The Labute approximate surface area is 125 Å². The molecule has 0 bridgehead atoms. The highest BCUT2D eigenvalue weighted by atomic mass is 14.6. The van der Waals surface area contributed by atoms with Crippen molar-refractivity contribution in [2.75, 3.05) is 6.54 Å². The zero-order chi connectivity index (χ0) is 14.4. The molecular weight excluding hydrogens is 242 g/mol. The molecule has 1 heteroatoms. The highest BCUT2D eigenvalue weighted by Crippen LogP contribution is 2.63. The van der Waals surface area contributed by atoms with Gasteiger partial charge in [0.15, 0.2) is 0 Å². The second kappa shape index (κ2) is 5.16. The van der Waals surface area contributed by atoms with Gasteiger partial charge >= 0.3 is 0 Å². The fourth-order valence-electron chi connectivity index (χ4n) is 6.24. The first-order valence-electron chi connectivity index (χ1n) is 8.85. The van der Waals surface area contributed by atoms with Gasteiger partial charge in [-0.05, 0) is 73.5 Å². The van der Waals surface area contributed by atoms with Gasteiger partial charge in [-0.25, -0.2) is 0 Å². The molecule has 4 atom stereocenters. The van der Waals surface area contributed by atoms with Gasteiger partial charge in [0, 0.05) is 6.54 Å². The molecule has 2 saturated carbocycles. The maximum Gasteiger partial charge on any atom is 0.0136 e. The molecule has 114 valence electrons. The summed E-state index contributed by atoms with van der Waals surface area (Å²) >= 11 is 0. The van der Waals surface area contributed by atoms with E-state index in [-0.39, 0.29) is 0 Å². The number of fused-ring (bicyclic) bond motifs is 3. The number of nitrogens with two attached hydrogens (primary N) is 1. The minimum atomic E-state index is 0.564. The first-order valence-corrected chi connectivity index (χ1v) is 8.85. The van der Waals surface area contributed by atoms with Gasteiger partial charge in [0.25, 0.3) is 0 Å². The summed E-state index contributed by atoms with van der Waals surface area (Å²) in [6.07, 6.45) is 13.7. The maximum absolute atomic E-state index is 5.90. The van der Waals surface area contributed by atoms with E-state index in [9.17, 15) is 0 Å². The van der Waals surface area contributed by atoms with E-state index in [1.165, 1.54) is 56.9 Å². The molecule has 2 fully saturated rings. The molecule has 0 spiro atoms. The summed E-state index contributed by atoms with van der Waals surface area (Å²) in [5.74, 6) is 2.83. The van der Waals surface area contributed by atoms with Crippen molar-refractivity contribution >= 4 is 0 Å². The van der Waals surface area contributed by atoms with Crippen LogP contribution in [0.2, 0.25) is 0 Å². The first-order chi connectivity index (χ1) is 9.47. The lowest BCUT2D eigenvalue weighted by atomic mass is 9.46. The molecule has 0 aromatic carbocycles. The fourth-order valence-corrected chi connectivity index (χ4v) is 6.24. The number of hydrogen-bond donors (Lipinski definition) is 1. The average Bonchev–Trinajstić information content (AvgIpc) is 2.60. The molecule has 4 unspecified atom stereocenters. The molecule has 0 saturated heterocycles. The molecule has 0 radical (unpaired) electrons. The van der Waals surface area contributed by atoms with Crippen molar-refractivity contribution in [3.63, 3.8) is 0 Å². The highest BCUT2D eigenvalue weighted by molar-refractivity contribution is 5.11. The zero-order valence-corrected chi connectivity index (χ0v) is 13.8. The molecule has 3 aliphatic rings. The van der Waals surface area contributed by atoms with Crippen LogP contribution in [-0.2, 0) is 0 Å². The molecule has 20 heavy (non-hydrogen) atoms. The lowest BCUT2D eigenvalue weighted by molar-refractivity contribution is -0.0977. The summed E-state index contributed by atoms with van der Waals surface area (Å²) < 4.78 is 0. The molecule has 3 rings (SSSR count). The summed E-state index contributed by atoms with van der Waals surface area (Å²) in [6.45, 7) is 8.50. The van der Waals surface area contributed by atoms with Crippen molar-refractivity contribution in [2.24, 2.45) is 34.3 Å². The van der Waals surface area contributed by atoms with E-state index in [0.29, 0.717) is 10.8 Å². The van der Waals surface area contributed by atoms with Crippen LogP contribution in [0.3, 0.4) is 0 Å². The molecule has 0 aromatic heterocycles. The molecule has 0 aromatic rings. The SMILES string of the molecule is CC1(C)CCCC2(C)C3CCC(CN)=CCC3CCC12. The van der Waals surface area contributed by atoms with E-state index < -0.39 is 0 Å². The van der Waals surface area contributed by atoms with Crippen LogP contribution in [0.1, 0.15) is 72.1 Å². The van der Waals surface area contributed by atoms with Gasteiger partial charge in [-0.3, -0.25) is 0 Å². The zero-order valence-electron chi connectivity index (χ0n) is 13.8. The van der Waals surface area contributed by atoms with Crippen molar-refractivity contribution < 1.29 is 0 Å². The smallest absolute Gasteiger partial charge is 0.0136 e. The van der Waals surface area contributed by atoms with Crippen molar-refractivity contribution in [3.05, 3.63) is 11.6 Å². The van der Waals surface area contributed by atoms with Gasteiger partial charge in [-0.2, -0.15) is 0 Å². The number of allylic oxidation sites excluding steroid dienone is 1. The topological polar surface area (TPSA) is 26.0 Å². The predicted molar refractivity (Wildman–Crippen MR) is 86.4 cm³/mol. The van der Waals surface area contributed by atoms with E-state index in [4.69, 9.17) is 5.73 Å². The van der Waals surface area contributed by atoms with Gasteiger partial charge in [0.05, 0.1) is 0 Å². The Hall–Kier alpha value is -0.300. The van der Waals surface area contributed by atoms with E-state index >= 15 is 0 Å². The Balaban J connectivity index is 1.87. The monoisotopic (exact) mass is 275 g/mol. The molecule has 0 heterocycles. The lowest BCUT2D eigenvalue weighted by Gasteiger charge is -2.59. The van der Waals surface area contributed by atoms with Gasteiger partial charge < -0.3 is 5.73 Å². The minimum absolute atomic E-state index is 0.564. The van der Waals surface area contributed by atoms with Crippen LogP contribution in [0.4, 0.5) is 0 Å². The summed E-state index contributed by atoms with van der Waals surface area (Å²) in [5, 5.41) is 0. The van der Waals surface area contributed by atoms with Crippen LogP contribution in [0.15, 0.2) is 11.6 Å². The Morgan fingerprint density at radius 2 is 1.95 bits per heavy atom. The largest absolute Gasteiger partial charge is 0.327 e. The van der Waals surface area contributed by atoms with Gasteiger partial charge in [-0.1, -0.05) is 38.8 Å². The van der Waals surface area contributed by atoms with E-state index in [1.807, 2.05) is 0 Å². The third kappa shape index (κ3) is 2.26. The third-order valence-corrected chi connectivity index (χ3v) is 7.27. The van der Waals surface area contributed by atoms with Crippen LogP contribution in [0.5, 0.6) is 0 Å². The van der Waals surface area contributed by atoms with Crippen molar-refractivity contribution in [1.82, 2.24) is 0 Å². The molecule has 0 amide bonds. The minimum Gasteiger partial charge on any atom is -0.327 e. The Bertz CT molecular complexity index is 395. The molecule has 2 N–H and O–H groups in total. The lowest BCUT2D eigenvalue weighted by Crippen LogP contribution is -2.51. The molecule has 1 nitrogen and oxygen atoms in total. The fraction of sp³-hybridized carbons (Fsp3) is 0.895. The second-order valence-electron chi connectivity index (χ2n) is 8.69. The summed E-state index contributed by atoms with van der Waals surface area (Å²) in [6, 6.07) is 0. The third-order valence-electron chi connectivity index (χ3n) is 7.27. The van der Waals surface area contributed by atoms with E-state index in [2.05, 4.69) is 26.8 Å². The van der Waals surface area contributed by atoms with Crippen LogP contribution in [-0.4, -0.2) is 6.54 Å². The highest BCUT2D eigenvalue weighted by Gasteiger charge is 2.54.